The molecule has 2 aromatic carbocycles. The van der Waals surface area contributed by atoms with Gasteiger partial charge in [-0.15, -0.1) is 0 Å². The molecule has 3 rings (SSSR count). The Morgan fingerprint density at radius 3 is 2.88 bits per heavy atom. The second kappa shape index (κ2) is 8.01. The molecule has 6 nitrogen and oxygen atoms in total. The summed E-state index contributed by atoms with van der Waals surface area (Å²) in [7, 11) is 0. The summed E-state index contributed by atoms with van der Waals surface area (Å²) in [5, 5.41) is 2.86. The van der Waals surface area contributed by atoms with Gasteiger partial charge >= 0.3 is 0 Å². The summed E-state index contributed by atoms with van der Waals surface area (Å²) < 4.78 is 5.77. The SMILES string of the molecule is CCOc1cc(C(=O)NCCCN)ccc1-c1nc2c(C)cccc2[nH]1. The van der Waals surface area contributed by atoms with E-state index in [1.807, 2.05) is 38.1 Å². The number of nitrogens with one attached hydrogen (secondary N) is 2. The van der Waals surface area contributed by atoms with Crippen molar-refractivity contribution in [1.29, 1.82) is 0 Å². The van der Waals surface area contributed by atoms with E-state index in [9.17, 15) is 4.79 Å². The van der Waals surface area contributed by atoms with Gasteiger partial charge in [0.2, 0.25) is 0 Å². The van der Waals surface area contributed by atoms with Crippen molar-refractivity contribution in [3.8, 4) is 17.1 Å². The van der Waals surface area contributed by atoms with E-state index in [1.54, 1.807) is 12.1 Å². The molecule has 0 fully saturated rings. The molecule has 0 aliphatic carbocycles. The monoisotopic (exact) mass is 352 g/mol. The summed E-state index contributed by atoms with van der Waals surface area (Å²) in [6.07, 6.45) is 0.750. The highest BCUT2D eigenvalue weighted by molar-refractivity contribution is 5.95. The first-order valence-corrected chi connectivity index (χ1v) is 8.85. The molecule has 0 atom stereocenters. The summed E-state index contributed by atoms with van der Waals surface area (Å²) in [5.41, 5.74) is 9.88. The van der Waals surface area contributed by atoms with Crippen LogP contribution >= 0.6 is 0 Å². The van der Waals surface area contributed by atoms with Gasteiger partial charge in [0.1, 0.15) is 11.6 Å². The lowest BCUT2D eigenvalue weighted by Crippen LogP contribution is -2.25. The molecule has 6 heteroatoms. The Hall–Kier alpha value is -2.86. The molecular weight excluding hydrogens is 328 g/mol. The number of hydrogen-bond acceptors (Lipinski definition) is 4. The molecule has 1 aromatic heterocycles. The normalized spacial score (nSPS) is 10.9. The number of para-hydroxylation sites is 1. The lowest BCUT2D eigenvalue weighted by Gasteiger charge is -2.11. The fraction of sp³-hybridized carbons (Fsp3) is 0.300. The topological polar surface area (TPSA) is 93.0 Å². The van der Waals surface area contributed by atoms with Gasteiger partial charge in [0, 0.05) is 12.1 Å². The molecule has 26 heavy (non-hydrogen) atoms. The zero-order valence-corrected chi connectivity index (χ0v) is 15.1. The first-order chi connectivity index (χ1) is 12.6. The molecule has 1 heterocycles. The van der Waals surface area contributed by atoms with Crippen molar-refractivity contribution in [2.75, 3.05) is 19.7 Å². The van der Waals surface area contributed by atoms with Crippen molar-refractivity contribution in [2.45, 2.75) is 20.3 Å². The summed E-state index contributed by atoms with van der Waals surface area (Å²) in [6, 6.07) is 11.4. The molecule has 0 saturated heterocycles. The van der Waals surface area contributed by atoms with Crippen LogP contribution in [-0.4, -0.2) is 35.6 Å². The first-order valence-electron chi connectivity index (χ1n) is 8.85. The van der Waals surface area contributed by atoms with E-state index in [4.69, 9.17) is 15.5 Å². The van der Waals surface area contributed by atoms with Crippen molar-refractivity contribution < 1.29 is 9.53 Å². The van der Waals surface area contributed by atoms with Crippen LogP contribution < -0.4 is 15.8 Å². The fourth-order valence-corrected chi connectivity index (χ4v) is 2.84. The quantitative estimate of drug-likeness (QED) is 0.570. The Kier molecular flexibility index (Phi) is 5.53. The standard InChI is InChI=1S/C20H24N4O2/c1-3-26-17-12-14(20(25)22-11-5-10-21)8-9-15(17)19-23-16-7-4-6-13(2)18(16)24-19/h4,6-9,12H,3,5,10-11,21H2,1-2H3,(H,22,25)(H,23,24). The highest BCUT2D eigenvalue weighted by Gasteiger charge is 2.15. The van der Waals surface area contributed by atoms with Crippen molar-refractivity contribution in [3.05, 3.63) is 47.5 Å². The number of carbonyl (C=O) groups excluding carboxylic acids is 1. The number of carbonyl (C=O) groups is 1. The number of benzene rings is 2. The average Bonchev–Trinajstić information content (AvgIpc) is 3.07. The molecule has 0 radical (unpaired) electrons. The minimum absolute atomic E-state index is 0.133. The number of amides is 1. The number of fused-ring (bicyclic) bond motifs is 1. The molecule has 3 aromatic rings. The number of rotatable bonds is 7. The maximum atomic E-state index is 12.3. The van der Waals surface area contributed by atoms with E-state index in [1.165, 1.54) is 0 Å². The molecule has 0 aliphatic heterocycles. The zero-order chi connectivity index (χ0) is 18.5. The predicted octanol–water partition coefficient (Wildman–Crippen LogP) is 3.02. The van der Waals surface area contributed by atoms with E-state index in [2.05, 4.69) is 10.3 Å². The Bertz CT molecular complexity index is 917. The summed E-state index contributed by atoms with van der Waals surface area (Å²) in [5.74, 6) is 1.23. The van der Waals surface area contributed by atoms with Crippen LogP contribution in [-0.2, 0) is 0 Å². The summed E-state index contributed by atoms with van der Waals surface area (Å²) in [4.78, 5) is 20.3. The third kappa shape index (κ3) is 3.70. The molecular formula is C20H24N4O2. The molecule has 4 N–H and O–H groups in total. The van der Waals surface area contributed by atoms with Gasteiger partial charge in [-0.2, -0.15) is 0 Å². The molecule has 0 unspecified atom stereocenters. The van der Waals surface area contributed by atoms with Crippen LogP contribution in [0.25, 0.3) is 22.4 Å². The summed E-state index contributed by atoms with van der Waals surface area (Å²) >= 11 is 0. The van der Waals surface area contributed by atoms with E-state index in [-0.39, 0.29) is 5.91 Å². The molecule has 1 amide bonds. The average molecular weight is 352 g/mol. The molecule has 0 aliphatic rings. The number of imidazole rings is 1. The number of aromatic amines is 1. The van der Waals surface area contributed by atoms with Gasteiger partial charge < -0.3 is 20.8 Å². The van der Waals surface area contributed by atoms with Gasteiger partial charge in [-0.1, -0.05) is 12.1 Å². The smallest absolute Gasteiger partial charge is 0.251 e. The van der Waals surface area contributed by atoms with Crippen LogP contribution in [0.15, 0.2) is 36.4 Å². The molecule has 0 saturated carbocycles. The Morgan fingerprint density at radius 1 is 1.31 bits per heavy atom. The maximum absolute atomic E-state index is 12.3. The van der Waals surface area contributed by atoms with Gasteiger partial charge in [-0.3, -0.25) is 4.79 Å². The van der Waals surface area contributed by atoms with Gasteiger partial charge in [-0.05, 0) is 56.6 Å². The van der Waals surface area contributed by atoms with E-state index >= 15 is 0 Å². The number of hydrogen-bond donors (Lipinski definition) is 3. The minimum atomic E-state index is -0.133. The van der Waals surface area contributed by atoms with E-state index in [0.29, 0.717) is 31.0 Å². The third-order valence-corrected chi connectivity index (χ3v) is 4.18. The third-order valence-electron chi connectivity index (χ3n) is 4.18. The van der Waals surface area contributed by atoms with Crippen molar-refractivity contribution in [2.24, 2.45) is 5.73 Å². The lowest BCUT2D eigenvalue weighted by molar-refractivity contribution is 0.0953. The Labute approximate surface area is 152 Å². The number of nitrogens with two attached hydrogens (primary N) is 1. The van der Waals surface area contributed by atoms with E-state index in [0.717, 1.165) is 34.4 Å². The number of aromatic nitrogens is 2. The number of aryl methyl sites for hydroxylation is 1. The number of H-pyrrole nitrogens is 1. The van der Waals surface area contributed by atoms with Crippen LogP contribution in [0, 0.1) is 6.92 Å². The second-order valence-corrected chi connectivity index (χ2v) is 6.10. The highest BCUT2D eigenvalue weighted by atomic mass is 16.5. The zero-order valence-electron chi connectivity index (χ0n) is 15.1. The largest absolute Gasteiger partial charge is 0.493 e. The van der Waals surface area contributed by atoms with Crippen molar-refractivity contribution in [3.63, 3.8) is 0 Å². The maximum Gasteiger partial charge on any atom is 0.251 e. The van der Waals surface area contributed by atoms with Crippen LogP contribution in [0.2, 0.25) is 0 Å². The lowest BCUT2D eigenvalue weighted by atomic mass is 10.1. The minimum Gasteiger partial charge on any atom is -0.493 e. The van der Waals surface area contributed by atoms with Gasteiger partial charge in [0.15, 0.2) is 0 Å². The fourth-order valence-electron chi connectivity index (χ4n) is 2.84. The predicted molar refractivity (Wildman–Crippen MR) is 103 cm³/mol. The Balaban J connectivity index is 1.95. The Morgan fingerprint density at radius 2 is 2.15 bits per heavy atom. The summed E-state index contributed by atoms with van der Waals surface area (Å²) in [6.45, 7) is 5.56. The van der Waals surface area contributed by atoms with Crippen LogP contribution in [0.3, 0.4) is 0 Å². The first kappa shape index (κ1) is 17.9. The van der Waals surface area contributed by atoms with Crippen molar-refractivity contribution >= 4 is 16.9 Å². The van der Waals surface area contributed by atoms with Gasteiger partial charge in [0.05, 0.1) is 23.2 Å². The van der Waals surface area contributed by atoms with Crippen LogP contribution in [0.5, 0.6) is 5.75 Å². The number of ether oxygens (including phenoxy) is 1. The van der Waals surface area contributed by atoms with Crippen LogP contribution in [0.4, 0.5) is 0 Å². The van der Waals surface area contributed by atoms with Gasteiger partial charge in [0.25, 0.3) is 5.91 Å². The molecule has 136 valence electrons. The van der Waals surface area contributed by atoms with Gasteiger partial charge in [-0.25, -0.2) is 4.98 Å². The highest BCUT2D eigenvalue weighted by Crippen LogP contribution is 2.31. The molecule has 0 spiro atoms. The second-order valence-electron chi connectivity index (χ2n) is 6.10. The van der Waals surface area contributed by atoms with Crippen molar-refractivity contribution in [1.82, 2.24) is 15.3 Å². The van der Waals surface area contributed by atoms with Crippen LogP contribution in [0.1, 0.15) is 29.3 Å². The van der Waals surface area contributed by atoms with E-state index < -0.39 is 0 Å². The molecule has 0 bridgehead atoms. The number of nitrogens with zero attached hydrogens (tertiary/aromatic N) is 1.